The van der Waals surface area contributed by atoms with Gasteiger partial charge < -0.3 is 4.57 Å². The molecule has 0 aliphatic carbocycles. The van der Waals surface area contributed by atoms with Crippen LogP contribution in [0.15, 0.2) is 110 Å². The predicted molar refractivity (Wildman–Crippen MR) is 117 cm³/mol. The van der Waals surface area contributed by atoms with Gasteiger partial charge in [0.05, 0.1) is 18.2 Å². The van der Waals surface area contributed by atoms with Gasteiger partial charge in [0.2, 0.25) is 0 Å². The van der Waals surface area contributed by atoms with Crippen molar-refractivity contribution in [2.75, 3.05) is 5.88 Å². The van der Waals surface area contributed by atoms with E-state index < -0.39 is 5.54 Å². The van der Waals surface area contributed by atoms with Crippen LogP contribution in [-0.4, -0.2) is 15.4 Å². The minimum Gasteiger partial charge on any atom is -0.312 e. The molecule has 1 heterocycles. The maximum atomic E-state index is 5.92. The molecule has 3 heteroatoms. The van der Waals surface area contributed by atoms with Crippen LogP contribution in [-0.2, 0) is 5.54 Å². The van der Waals surface area contributed by atoms with E-state index in [0.717, 1.165) is 5.69 Å². The number of alkyl halides is 1. The normalized spacial score (nSPS) is 11.8. The van der Waals surface area contributed by atoms with Crippen molar-refractivity contribution in [3.05, 3.63) is 132 Å². The van der Waals surface area contributed by atoms with Crippen molar-refractivity contribution < 1.29 is 0 Å². The molecule has 0 atom stereocenters. The Morgan fingerprint density at radius 3 is 1.64 bits per heavy atom. The third kappa shape index (κ3) is 3.17. The lowest BCUT2D eigenvalue weighted by Gasteiger charge is -2.38. The summed E-state index contributed by atoms with van der Waals surface area (Å²) >= 11 is 5.92. The number of benzene rings is 3. The van der Waals surface area contributed by atoms with E-state index in [9.17, 15) is 0 Å². The quantitative estimate of drug-likeness (QED) is 0.295. The van der Waals surface area contributed by atoms with Crippen LogP contribution in [0.3, 0.4) is 0 Å². The van der Waals surface area contributed by atoms with Gasteiger partial charge in [0.1, 0.15) is 5.54 Å². The maximum absolute atomic E-state index is 5.92. The summed E-state index contributed by atoms with van der Waals surface area (Å²) in [5.41, 5.74) is 3.96. The first-order chi connectivity index (χ1) is 13.9. The van der Waals surface area contributed by atoms with Crippen LogP contribution in [0.1, 0.15) is 22.4 Å². The molecular weight excluding hydrogens is 364 g/mol. The summed E-state index contributed by atoms with van der Waals surface area (Å²) in [6, 6.07) is 31.7. The molecule has 2 nitrogen and oxygen atoms in total. The van der Waals surface area contributed by atoms with Gasteiger partial charge in [-0.2, -0.15) is 0 Å². The lowest BCUT2D eigenvalue weighted by Crippen LogP contribution is -2.38. The molecule has 0 unspecified atom stereocenters. The molecular formula is C25H21ClN2. The number of hydrogen-bond acceptors (Lipinski definition) is 1. The molecule has 138 valence electrons. The minimum atomic E-state index is -0.549. The molecule has 4 aromatic rings. The second kappa shape index (κ2) is 8.28. The predicted octanol–water partition coefficient (Wildman–Crippen LogP) is 5.98. The molecule has 0 fully saturated rings. The summed E-state index contributed by atoms with van der Waals surface area (Å²) < 4.78 is 2.23. The van der Waals surface area contributed by atoms with Gasteiger partial charge in [0.15, 0.2) is 0 Å². The summed E-state index contributed by atoms with van der Waals surface area (Å²) in [5.74, 6) is 0.459. The third-order valence-corrected chi connectivity index (χ3v) is 5.16. The highest BCUT2D eigenvalue weighted by atomic mass is 35.5. The van der Waals surface area contributed by atoms with E-state index in [1.54, 1.807) is 0 Å². The van der Waals surface area contributed by atoms with E-state index in [0.29, 0.717) is 5.88 Å². The highest BCUT2D eigenvalue weighted by Crippen LogP contribution is 2.41. The molecule has 1 aromatic heterocycles. The van der Waals surface area contributed by atoms with Crippen LogP contribution in [0.25, 0.3) is 6.08 Å². The first-order valence-electron chi connectivity index (χ1n) is 9.29. The molecule has 0 aliphatic rings. The van der Waals surface area contributed by atoms with Crippen molar-refractivity contribution in [3.63, 3.8) is 0 Å². The van der Waals surface area contributed by atoms with Gasteiger partial charge >= 0.3 is 0 Å². The largest absolute Gasteiger partial charge is 0.312 e. The molecule has 0 aliphatic heterocycles. The molecule has 0 N–H and O–H groups in total. The fourth-order valence-corrected chi connectivity index (χ4v) is 3.92. The molecule has 4 rings (SSSR count). The van der Waals surface area contributed by atoms with Gasteiger partial charge in [0, 0.05) is 5.88 Å². The SMILES string of the molecule is ClC/C=C/c1cncn1C(c1ccccc1)(c1ccccc1)c1ccccc1. The van der Waals surface area contributed by atoms with Crippen molar-refractivity contribution in [2.45, 2.75) is 5.54 Å². The van der Waals surface area contributed by atoms with Crippen LogP contribution >= 0.6 is 11.6 Å². The lowest BCUT2D eigenvalue weighted by molar-refractivity contribution is 0.511. The molecule has 0 amide bonds. The zero-order valence-electron chi connectivity index (χ0n) is 15.4. The fourth-order valence-electron chi connectivity index (χ4n) is 3.83. The zero-order chi connectivity index (χ0) is 19.2. The Kier molecular flexibility index (Phi) is 5.41. The van der Waals surface area contributed by atoms with Gasteiger partial charge in [0.25, 0.3) is 0 Å². The van der Waals surface area contributed by atoms with E-state index in [1.165, 1.54) is 16.7 Å². The third-order valence-electron chi connectivity index (χ3n) is 4.98. The van der Waals surface area contributed by atoms with Gasteiger partial charge in [-0.15, -0.1) is 11.6 Å². The van der Waals surface area contributed by atoms with Crippen molar-refractivity contribution in [1.82, 2.24) is 9.55 Å². The Morgan fingerprint density at radius 2 is 1.21 bits per heavy atom. The zero-order valence-corrected chi connectivity index (χ0v) is 16.2. The van der Waals surface area contributed by atoms with E-state index in [2.05, 4.69) is 82.3 Å². The highest BCUT2D eigenvalue weighted by molar-refractivity contribution is 6.19. The number of halogens is 1. The van der Waals surface area contributed by atoms with Crippen molar-refractivity contribution in [2.24, 2.45) is 0 Å². The van der Waals surface area contributed by atoms with E-state index >= 15 is 0 Å². The second-order valence-corrected chi connectivity index (χ2v) is 6.86. The molecule has 0 bridgehead atoms. The Morgan fingerprint density at radius 1 is 0.750 bits per heavy atom. The minimum absolute atomic E-state index is 0.459. The smallest absolute Gasteiger partial charge is 0.122 e. The van der Waals surface area contributed by atoms with Crippen LogP contribution in [0.4, 0.5) is 0 Å². The number of allylic oxidation sites excluding steroid dienone is 1. The van der Waals surface area contributed by atoms with E-state index in [1.807, 2.05) is 42.9 Å². The van der Waals surface area contributed by atoms with Crippen molar-refractivity contribution >= 4 is 17.7 Å². The van der Waals surface area contributed by atoms with Crippen LogP contribution in [0, 0.1) is 0 Å². The summed E-state index contributed by atoms with van der Waals surface area (Å²) in [6.45, 7) is 0. The Bertz CT molecular complexity index is 941. The first kappa shape index (κ1) is 18.3. The first-order valence-corrected chi connectivity index (χ1v) is 9.82. The average Bonchev–Trinajstić information content (AvgIpc) is 3.24. The number of aromatic nitrogens is 2. The highest BCUT2D eigenvalue weighted by Gasteiger charge is 2.39. The molecule has 28 heavy (non-hydrogen) atoms. The Labute approximate surface area is 170 Å². The van der Waals surface area contributed by atoms with Crippen LogP contribution in [0.5, 0.6) is 0 Å². The molecule has 0 saturated heterocycles. The molecule has 3 aromatic carbocycles. The maximum Gasteiger partial charge on any atom is 0.122 e. The topological polar surface area (TPSA) is 17.8 Å². The number of nitrogens with zero attached hydrogens (tertiary/aromatic N) is 2. The van der Waals surface area contributed by atoms with Gasteiger partial charge in [-0.1, -0.05) is 97.1 Å². The number of rotatable bonds is 6. The van der Waals surface area contributed by atoms with Gasteiger partial charge in [-0.3, -0.25) is 0 Å². The fraction of sp³-hybridized carbons (Fsp3) is 0.0800. The van der Waals surface area contributed by atoms with Crippen LogP contribution < -0.4 is 0 Å². The Hall–Kier alpha value is -3.10. The Balaban J connectivity index is 2.11. The summed E-state index contributed by atoms with van der Waals surface area (Å²) in [7, 11) is 0. The average molecular weight is 385 g/mol. The molecule has 0 saturated carbocycles. The van der Waals surface area contributed by atoms with E-state index in [-0.39, 0.29) is 0 Å². The summed E-state index contributed by atoms with van der Waals surface area (Å²) in [4.78, 5) is 4.49. The van der Waals surface area contributed by atoms with Crippen LogP contribution in [0.2, 0.25) is 0 Å². The monoisotopic (exact) mass is 384 g/mol. The van der Waals surface area contributed by atoms with Crippen molar-refractivity contribution in [1.29, 1.82) is 0 Å². The molecule has 0 spiro atoms. The van der Waals surface area contributed by atoms with E-state index in [4.69, 9.17) is 11.6 Å². The number of imidazole rings is 1. The lowest BCUT2D eigenvalue weighted by atomic mass is 9.76. The second-order valence-electron chi connectivity index (χ2n) is 6.55. The van der Waals surface area contributed by atoms with Gasteiger partial charge in [-0.05, 0) is 22.8 Å². The van der Waals surface area contributed by atoms with Crippen molar-refractivity contribution in [3.8, 4) is 0 Å². The summed E-state index contributed by atoms with van der Waals surface area (Å²) in [5, 5.41) is 0. The number of hydrogen-bond donors (Lipinski definition) is 0. The van der Waals surface area contributed by atoms with Gasteiger partial charge in [-0.25, -0.2) is 4.98 Å². The molecule has 0 radical (unpaired) electrons. The summed E-state index contributed by atoms with van der Waals surface area (Å²) in [6.07, 6.45) is 7.76. The standard InChI is InChI=1S/C25H21ClN2/c26-18-10-17-24-19-27-20-28(24)25(21-11-4-1-5-12-21,22-13-6-2-7-14-22)23-15-8-3-9-16-23/h1-17,19-20H,18H2/b17-10+.